The van der Waals surface area contributed by atoms with E-state index in [0.29, 0.717) is 17.4 Å². The van der Waals surface area contributed by atoms with Gasteiger partial charge in [-0.2, -0.15) is 0 Å². The van der Waals surface area contributed by atoms with Crippen molar-refractivity contribution < 1.29 is 9.84 Å². The maximum Gasteiger partial charge on any atom is 0.119 e. The smallest absolute Gasteiger partial charge is 0.119 e. The summed E-state index contributed by atoms with van der Waals surface area (Å²) in [5, 5.41) is 10.0. The Morgan fingerprint density at radius 3 is 2.61 bits per heavy atom. The van der Waals surface area contributed by atoms with Gasteiger partial charge in [-0.25, -0.2) is 0 Å². The highest BCUT2D eigenvalue weighted by atomic mass is 35.5. The zero-order valence-electron chi connectivity index (χ0n) is 9.67. The van der Waals surface area contributed by atoms with Crippen molar-refractivity contribution in [2.24, 2.45) is 0 Å². The van der Waals surface area contributed by atoms with Crippen LogP contribution >= 0.6 is 23.4 Å². The van der Waals surface area contributed by atoms with Crippen molar-refractivity contribution >= 4 is 23.4 Å². The van der Waals surface area contributed by atoms with Gasteiger partial charge in [0.15, 0.2) is 0 Å². The molecule has 0 aliphatic heterocycles. The monoisotopic (exact) mass is 280 g/mol. The van der Waals surface area contributed by atoms with Crippen LogP contribution in [0, 0.1) is 0 Å². The average molecular weight is 281 g/mol. The predicted molar refractivity (Wildman–Crippen MR) is 75.8 cm³/mol. The molecule has 0 aliphatic carbocycles. The molecule has 0 aliphatic rings. The van der Waals surface area contributed by atoms with Crippen molar-refractivity contribution in [1.82, 2.24) is 0 Å². The van der Waals surface area contributed by atoms with Crippen LogP contribution in [0.5, 0.6) is 11.5 Å². The summed E-state index contributed by atoms with van der Waals surface area (Å²) in [6, 6.07) is 14.5. The normalized spacial score (nSPS) is 10.3. The second-order valence-electron chi connectivity index (χ2n) is 3.65. The maximum absolute atomic E-state index is 9.32. The lowest BCUT2D eigenvalue weighted by Crippen LogP contribution is -1.99. The fourth-order valence-corrected chi connectivity index (χ4v) is 2.33. The number of phenolic OH excluding ortho intramolecular Hbond substituents is 1. The predicted octanol–water partition coefficient (Wildman–Crippen LogP) is 4.22. The summed E-state index contributed by atoms with van der Waals surface area (Å²) in [5.41, 5.74) is 0. The minimum Gasteiger partial charge on any atom is -0.508 e. The molecule has 0 saturated carbocycles. The molecule has 0 saturated heterocycles. The Kier molecular flexibility index (Phi) is 4.79. The van der Waals surface area contributed by atoms with E-state index in [4.69, 9.17) is 16.3 Å². The van der Waals surface area contributed by atoms with Crippen molar-refractivity contribution in [2.75, 3.05) is 12.4 Å². The first kappa shape index (κ1) is 13.1. The van der Waals surface area contributed by atoms with Gasteiger partial charge >= 0.3 is 0 Å². The highest BCUT2D eigenvalue weighted by Gasteiger charge is 1.97. The SMILES string of the molecule is Oc1cccc(SCCOc2ccc(Cl)cc2)c1. The lowest BCUT2D eigenvalue weighted by atomic mass is 10.3. The molecule has 1 N–H and O–H groups in total. The number of halogens is 1. The van der Waals surface area contributed by atoms with Crippen molar-refractivity contribution in [2.45, 2.75) is 4.90 Å². The molecule has 2 nitrogen and oxygen atoms in total. The number of aromatic hydroxyl groups is 1. The second kappa shape index (κ2) is 6.57. The Balaban J connectivity index is 1.74. The standard InChI is InChI=1S/C14H13ClO2S/c15-11-4-6-13(7-5-11)17-8-9-18-14-3-1-2-12(16)10-14/h1-7,10,16H,8-9H2. The van der Waals surface area contributed by atoms with Gasteiger partial charge in [0.2, 0.25) is 0 Å². The molecule has 0 heterocycles. The first-order chi connectivity index (χ1) is 8.74. The molecule has 0 spiro atoms. The lowest BCUT2D eigenvalue weighted by molar-refractivity contribution is 0.344. The third-order valence-corrected chi connectivity index (χ3v) is 3.46. The highest BCUT2D eigenvalue weighted by molar-refractivity contribution is 7.99. The van der Waals surface area contributed by atoms with Gasteiger partial charge in [-0.3, -0.25) is 0 Å². The van der Waals surface area contributed by atoms with E-state index in [2.05, 4.69) is 0 Å². The molecule has 0 fully saturated rings. The van der Waals surface area contributed by atoms with E-state index in [0.717, 1.165) is 16.4 Å². The van der Waals surface area contributed by atoms with Crippen LogP contribution in [0.15, 0.2) is 53.4 Å². The van der Waals surface area contributed by atoms with Gasteiger partial charge in [-0.15, -0.1) is 11.8 Å². The summed E-state index contributed by atoms with van der Waals surface area (Å²) < 4.78 is 5.57. The summed E-state index contributed by atoms with van der Waals surface area (Å²) in [4.78, 5) is 1.04. The summed E-state index contributed by atoms with van der Waals surface area (Å²) in [7, 11) is 0. The van der Waals surface area contributed by atoms with Crippen molar-refractivity contribution in [3.8, 4) is 11.5 Å². The fraction of sp³-hybridized carbons (Fsp3) is 0.143. The van der Waals surface area contributed by atoms with Crippen LogP contribution in [-0.4, -0.2) is 17.5 Å². The Morgan fingerprint density at radius 1 is 1.11 bits per heavy atom. The molecule has 0 bridgehead atoms. The second-order valence-corrected chi connectivity index (χ2v) is 5.25. The third kappa shape index (κ3) is 4.17. The zero-order valence-corrected chi connectivity index (χ0v) is 11.2. The van der Waals surface area contributed by atoms with Gasteiger partial charge < -0.3 is 9.84 Å². The molecular formula is C14H13ClO2S. The van der Waals surface area contributed by atoms with Gasteiger partial charge in [0.25, 0.3) is 0 Å². The molecule has 18 heavy (non-hydrogen) atoms. The molecule has 0 atom stereocenters. The van der Waals surface area contributed by atoms with Gasteiger partial charge in [-0.1, -0.05) is 17.7 Å². The van der Waals surface area contributed by atoms with Crippen LogP contribution in [0.4, 0.5) is 0 Å². The van der Waals surface area contributed by atoms with Crippen LogP contribution in [0.25, 0.3) is 0 Å². The minimum atomic E-state index is 0.290. The van der Waals surface area contributed by atoms with E-state index in [1.807, 2.05) is 24.3 Å². The number of ether oxygens (including phenoxy) is 1. The number of hydrogen-bond acceptors (Lipinski definition) is 3. The third-order valence-electron chi connectivity index (χ3n) is 2.25. The van der Waals surface area contributed by atoms with Crippen LogP contribution in [-0.2, 0) is 0 Å². The van der Waals surface area contributed by atoms with Gasteiger partial charge in [-0.05, 0) is 42.5 Å². The average Bonchev–Trinajstić information content (AvgIpc) is 2.37. The molecule has 0 aromatic heterocycles. The molecule has 0 radical (unpaired) electrons. The van der Waals surface area contributed by atoms with E-state index in [1.54, 1.807) is 36.0 Å². The Morgan fingerprint density at radius 2 is 1.89 bits per heavy atom. The molecule has 4 heteroatoms. The van der Waals surface area contributed by atoms with E-state index < -0.39 is 0 Å². The number of phenols is 1. The van der Waals surface area contributed by atoms with E-state index in [1.165, 1.54) is 0 Å². The molecule has 2 aromatic carbocycles. The number of hydrogen-bond donors (Lipinski definition) is 1. The molecular weight excluding hydrogens is 268 g/mol. The van der Waals surface area contributed by atoms with Crippen molar-refractivity contribution in [3.05, 3.63) is 53.6 Å². The summed E-state index contributed by atoms with van der Waals surface area (Å²) in [5.74, 6) is 1.93. The van der Waals surface area contributed by atoms with Gasteiger partial charge in [0.05, 0.1) is 6.61 Å². The van der Waals surface area contributed by atoms with Crippen LogP contribution < -0.4 is 4.74 Å². The first-order valence-corrected chi connectivity index (χ1v) is 6.90. The van der Waals surface area contributed by atoms with E-state index in [9.17, 15) is 5.11 Å². The lowest BCUT2D eigenvalue weighted by Gasteiger charge is -2.06. The first-order valence-electron chi connectivity index (χ1n) is 5.54. The number of benzene rings is 2. The molecule has 2 aromatic rings. The Labute approximate surface area is 116 Å². The molecule has 2 rings (SSSR count). The Bertz CT molecular complexity index is 499. The summed E-state index contributed by atoms with van der Waals surface area (Å²) in [6.45, 7) is 0.613. The fourth-order valence-electron chi connectivity index (χ4n) is 1.42. The highest BCUT2D eigenvalue weighted by Crippen LogP contribution is 2.22. The topological polar surface area (TPSA) is 29.5 Å². The van der Waals surface area contributed by atoms with Crippen LogP contribution in [0.2, 0.25) is 5.02 Å². The Hall–Kier alpha value is -1.32. The quantitative estimate of drug-likeness (QED) is 0.657. The van der Waals surface area contributed by atoms with Crippen LogP contribution in [0.3, 0.4) is 0 Å². The van der Waals surface area contributed by atoms with Gasteiger partial charge in [0, 0.05) is 15.7 Å². The van der Waals surface area contributed by atoms with E-state index in [-0.39, 0.29) is 0 Å². The molecule has 0 unspecified atom stereocenters. The van der Waals surface area contributed by atoms with Gasteiger partial charge in [0.1, 0.15) is 11.5 Å². The summed E-state index contributed by atoms with van der Waals surface area (Å²) >= 11 is 7.43. The number of thioether (sulfide) groups is 1. The van der Waals surface area contributed by atoms with E-state index >= 15 is 0 Å². The minimum absolute atomic E-state index is 0.290. The largest absolute Gasteiger partial charge is 0.508 e. The maximum atomic E-state index is 9.32. The zero-order chi connectivity index (χ0) is 12.8. The van der Waals surface area contributed by atoms with Crippen LogP contribution in [0.1, 0.15) is 0 Å². The summed E-state index contributed by atoms with van der Waals surface area (Å²) in [6.07, 6.45) is 0. The van der Waals surface area contributed by atoms with Crippen molar-refractivity contribution in [1.29, 1.82) is 0 Å². The molecule has 94 valence electrons. The molecule has 0 amide bonds. The number of rotatable bonds is 5. The van der Waals surface area contributed by atoms with Crippen molar-refractivity contribution in [3.63, 3.8) is 0 Å².